The maximum Gasteiger partial charge on any atom is 0.407 e. The van der Waals surface area contributed by atoms with Crippen molar-refractivity contribution in [2.24, 2.45) is 0 Å². The number of alkyl carbamates (subject to hydrolysis) is 1. The SMILES string of the molecule is CC(C)(C)OC(=O)NC1CCN(Cc2ccc(-n3c(-c4cccnc4N)nc4ccc(N)nc43)cc2)CC1. The summed E-state index contributed by atoms with van der Waals surface area (Å²) in [6, 6.07) is 15.8. The molecular formula is C28H34N8O2. The number of hydrogen-bond acceptors (Lipinski definition) is 8. The summed E-state index contributed by atoms with van der Waals surface area (Å²) >= 11 is 0. The van der Waals surface area contributed by atoms with Gasteiger partial charge in [0.1, 0.15) is 22.8 Å². The minimum atomic E-state index is -0.492. The molecule has 38 heavy (non-hydrogen) atoms. The molecule has 0 spiro atoms. The van der Waals surface area contributed by atoms with Gasteiger partial charge in [-0.25, -0.2) is 19.7 Å². The lowest BCUT2D eigenvalue weighted by atomic mass is 10.0. The molecule has 1 aromatic carbocycles. The Morgan fingerprint density at radius 2 is 1.79 bits per heavy atom. The van der Waals surface area contributed by atoms with Crippen LogP contribution in [-0.2, 0) is 11.3 Å². The lowest BCUT2D eigenvalue weighted by Gasteiger charge is -2.32. The van der Waals surface area contributed by atoms with Crippen LogP contribution >= 0.6 is 0 Å². The largest absolute Gasteiger partial charge is 0.444 e. The van der Waals surface area contributed by atoms with Crippen molar-refractivity contribution in [2.75, 3.05) is 24.6 Å². The second-order valence-electron chi connectivity index (χ2n) is 10.6. The molecule has 0 unspecified atom stereocenters. The highest BCUT2D eigenvalue weighted by atomic mass is 16.6. The number of nitrogens with zero attached hydrogens (tertiary/aromatic N) is 5. The molecule has 3 aromatic heterocycles. The van der Waals surface area contributed by atoms with E-state index in [1.807, 2.05) is 43.5 Å². The topological polar surface area (TPSA) is 137 Å². The second-order valence-corrected chi connectivity index (χ2v) is 10.6. The molecule has 198 valence electrons. The fourth-order valence-corrected chi connectivity index (χ4v) is 4.72. The Hall–Kier alpha value is -4.18. The molecule has 0 atom stereocenters. The smallest absolute Gasteiger partial charge is 0.407 e. The summed E-state index contributed by atoms with van der Waals surface area (Å²) in [5.41, 5.74) is 16.0. The molecule has 5 N–H and O–H groups in total. The Kier molecular flexibility index (Phi) is 6.90. The highest BCUT2D eigenvalue weighted by Crippen LogP contribution is 2.30. The van der Waals surface area contributed by atoms with E-state index in [1.165, 1.54) is 5.56 Å². The number of carbonyl (C=O) groups excluding carboxylic acids is 1. The van der Waals surface area contributed by atoms with E-state index in [0.29, 0.717) is 23.1 Å². The molecule has 10 heteroatoms. The van der Waals surface area contributed by atoms with Crippen LogP contribution in [0.15, 0.2) is 54.7 Å². The van der Waals surface area contributed by atoms with Crippen molar-refractivity contribution in [1.29, 1.82) is 0 Å². The van der Waals surface area contributed by atoms with Gasteiger partial charge in [0, 0.05) is 37.6 Å². The molecule has 0 radical (unpaired) electrons. The highest BCUT2D eigenvalue weighted by molar-refractivity contribution is 5.83. The van der Waals surface area contributed by atoms with E-state index in [9.17, 15) is 4.79 Å². The van der Waals surface area contributed by atoms with E-state index in [-0.39, 0.29) is 12.1 Å². The van der Waals surface area contributed by atoms with Crippen molar-refractivity contribution < 1.29 is 9.53 Å². The quantitative estimate of drug-likeness (QED) is 0.361. The van der Waals surface area contributed by atoms with Gasteiger partial charge in [0.2, 0.25) is 0 Å². The van der Waals surface area contributed by atoms with Gasteiger partial charge in [-0.2, -0.15) is 0 Å². The molecule has 1 aliphatic rings. The van der Waals surface area contributed by atoms with E-state index < -0.39 is 5.60 Å². The maximum atomic E-state index is 12.1. The summed E-state index contributed by atoms with van der Waals surface area (Å²) in [5.74, 6) is 1.49. The third-order valence-corrected chi connectivity index (χ3v) is 6.51. The predicted molar refractivity (Wildman–Crippen MR) is 149 cm³/mol. The van der Waals surface area contributed by atoms with Crippen LogP contribution in [0.4, 0.5) is 16.4 Å². The Morgan fingerprint density at radius 1 is 1.05 bits per heavy atom. The number of nitrogens with two attached hydrogens (primary N) is 2. The summed E-state index contributed by atoms with van der Waals surface area (Å²) in [7, 11) is 0. The third kappa shape index (κ3) is 5.70. The summed E-state index contributed by atoms with van der Waals surface area (Å²) in [6.07, 6.45) is 3.10. The number of amides is 1. The molecule has 1 fully saturated rings. The molecule has 0 saturated carbocycles. The van der Waals surface area contributed by atoms with Gasteiger partial charge in [-0.3, -0.25) is 9.47 Å². The third-order valence-electron chi connectivity index (χ3n) is 6.51. The molecule has 1 saturated heterocycles. The van der Waals surface area contributed by atoms with Gasteiger partial charge in [-0.15, -0.1) is 0 Å². The second kappa shape index (κ2) is 10.3. The molecule has 4 aromatic rings. The van der Waals surface area contributed by atoms with Crippen LogP contribution in [0.25, 0.3) is 28.2 Å². The number of pyridine rings is 2. The minimum Gasteiger partial charge on any atom is -0.444 e. The van der Waals surface area contributed by atoms with Crippen LogP contribution in [0.5, 0.6) is 0 Å². The van der Waals surface area contributed by atoms with Crippen molar-refractivity contribution in [2.45, 2.75) is 51.8 Å². The Balaban J connectivity index is 1.31. The number of nitrogens with one attached hydrogen (secondary N) is 1. The average Bonchev–Trinajstić information content (AvgIpc) is 3.23. The van der Waals surface area contributed by atoms with Gasteiger partial charge in [0.25, 0.3) is 0 Å². The standard InChI is InChI=1S/C28H34N8O2/c1-28(2,3)38-27(37)32-19-12-15-35(16-13-19)17-18-6-8-20(9-7-18)36-25(21-5-4-14-31-24(21)30)33-22-10-11-23(29)34-26(22)36/h4-11,14,19H,12-13,15-17H2,1-3H3,(H2,29,34)(H2,30,31)(H,32,37). The highest BCUT2D eigenvalue weighted by Gasteiger charge is 2.24. The van der Waals surface area contributed by atoms with Gasteiger partial charge >= 0.3 is 6.09 Å². The maximum absolute atomic E-state index is 12.1. The average molecular weight is 515 g/mol. The Bertz CT molecular complexity index is 1430. The normalized spacial score (nSPS) is 15.0. The lowest BCUT2D eigenvalue weighted by Crippen LogP contribution is -2.45. The number of carbonyl (C=O) groups is 1. The van der Waals surface area contributed by atoms with Crippen molar-refractivity contribution in [3.05, 3.63) is 60.3 Å². The minimum absolute atomic E-state index is 0.135. The zero-order chi connectivity index (χ0) is 26.9. The van der Waals surface area contributed by atoms with Crippen molar-refractivity contribution in [3.63, 3.8) is 0 Å². The molecule has 1 aliphatic heterocycles. The van der Waals surface area contributed by atoms with Crippen LogP contribution in [0, 0.1) is 0 Å². The van der Waals surface area contributed by atoms with Gasteiger partial charge in [0.15, 0.2) is 11.5 Å². The monoisotopic (exact) mass is 514 g/mol. The molecule has 10 nitrogen and oxygen atoms in total. The number of aromatic nitrogens is 4. The molecule has 5 rings (SSSR count). The molecule has 0 bridgehead atoms. The van der Waals surface area contributed by atoms with E-state index in [4.69, 9.17) is 21.2 Å². The number of ether oxygens (including phenoxy) is 1. The van der Waals surface area contributed by atoms with Gasteiger partial charge in [0.05, 0.1) is 5.56 Å². The van der Waals surface area contributed by atoms with Crippen molar-refractivity contribution in [1.82, 2.24) is 29.7 Å². The molecule has 0 aliphatic carbocycles. The van der Waals surface area contributed by atoms with E-state index in [1.54, 1.807) is 12.3 Å². The van der Waals surface area contributed by atoms with Gasteiger partial charge in [-0.05, 0) is 75.6 Å². The number of anilines is 2. The van der Waals surface area contributed by atoms with Crippen LogP contribution in [-0.4, -0.2) is 55.2 Å². The summed E-state index contributed by atoms with van der Waals surface area (Å²) < 4.78 is 7.36. The number of rotatable bonds is 5. The number of benzene rings is 1. The fourth-order valence-electron chi connectivity index (χ4n) is 4.72. The molecule has 1 amide bonds. The first kappa shape index (κ1) is 25.5. The fraction of sp³-hybridized carbons (Fsp3) is 0.357. The van der Waals surface area contributed by atoms with Crippen LogP contribution in [0.3, 0.4) is 0 Å². The number of nitrogen functional groups attached to an aromatic ring is 2. The van der Waals surface area contributed by atoms with E-state index >= 15 is 0 Å². The summed E-state index contributed by atoms with van der Waals surface area (Å²) in [5, 5.41) is 3.00. The first-order valence-corrected chi connectivity index (χ1v) is 12.8. The molecule has 4 heterocycles. The number of piperidine rings is 1. The van der Waals surface area contributed by atoms with Crippen LogP contribution < -0.4 is 16.8 Å². The Labute approximate surface area is 222 Å². The number of imidazole rings is 1. The van der Waals surface area contributed by atoms with E-state index in [0.717, 1.165) is 49.2 Å². The number of likely N-dealkylation sites (tertiary alicyclic amines) is 1. The summed E-state index contributed by atoms with van der Waals surface area (Å²) in [4.78, 5) is 28.1. The zero-order valence-corrected chi connectivity index (χ0v) is 22.0. The first-order chi connectivity index (χ1) is 18.2. The zero-order valence-electron chi connectivity index (χ0n) is 22.0. The van der Waals surface area contributed by atoms with Gasteiger partial charge in [-0.1, -0.05) is 12.1 Å². The van der Waals surface area contributed by atoms with Crippen molar-refractivity contribution in [3.8, 4) is 17.1 Å². The van der Waals surface area contributed by atoms with Crippen LogP contribution in [0.1, 0.15) is 39.2 Å². The first-order valence-electron chi connectivity index (χ1n) is 12.8. The number of hydrogen-bond donors (Lipinski definition) is 3. The number of fused-ring (bicyclic) bond motifs is 1. The lowest BCUT2D eigenvalue weighted by molar-refractivity contribution is 0.0477. The molecular weight excluding hydrogens is 480 g/mol. The van der Waals surface area contributed by atoms with Gasteiger partial charge < -0.3 is 21.5 Å². The Morgan fingerprint density at radius 3 is 2.47 bits per heavy atom. The van der Waals surface area contributed by atoms with Crippen LogP contribution in [0.2, 0.25) is 0 Å². The summed E-state index contributed by atoms with van der Waals surface area (Å²) in [6.45, 7) is 8.26. The van der Waals surface area contributed by atoms with E-state index in [2.05, 4.69) is 44.5 Å². The predicted octanol–water partition coefficient (Wildman–Crippen LogP) is 4.14. The van der Waals surface area contributed by atoms with Crippen molar-refractivity contribution >= 4 is 28.9 Å².